The smallest absolute Gasteiger partial charge is 0.271 e. The van der Waals surface area contributed by atoms with Crippen molar-refractivity contribution in [3.05, 3.63) is 64.7 Å². The van der Waals surface area contributed by atoms with Crippen molar-refractivity contribution in [2.24, 2.45) is 5.10 Å². The Morgan fingerprint density at radius 2 is 1.87 bits per heavy atom. The van der Waals surface area contributed by atoms with Crippen molar-refractivity contribution in [3.63, 3.8) is 0 Å². The van der Waals surface area contributed by atoms with E-state index in [2.05, 4.69) is 17.5 Å². The Bertz CT molecular complexity index is 691. The second-order valence-electron chi connectivity index (χ2n) is 5.42. The van der Waals surface area contributed by atoms with E-state index in [-0.39, 0.29) is 5.91 Å². The number of hydrogen-bond acceptors (Lipinski definition) is 3. The molecule has 0 saturated heterocycles. The number of amides is 1. The summed E-state index contributed by atoms with van der Waals surface area (Å²) in [5.74, 6) is 0.621. The third-order valence-corrected chi connectivity index (χ3v) is 3.50. The van der Waals surface area contributed by atoms with E-state index in [1.165, 1.54) is 0 Å². The van der Waals surface area contributed by atoms with Gasteiger partial charge in [-0.3, -0.25) is 4.79 Å². The number of rotatable bonds is 6. The predicted molar refractivity (Wildman–Crippen MR) is 93.2 cm³/mol. The summed E-state index contributed by atoms with van der Waals surface area (Å²) >= 11 is 0. The molecule has 2 aromatic rings. The lowest BCUT2D eigenvalue weighted by Crippen LogP contribution is -2.17. The van der Waals surface area contributed by atoms with Gasteiger partial charge < -0.3 is 4.74 Å². The zero-order valence-corrected chi connectivity index (χ0v) is 13.8. The van der Waals surface area contributed by atoms with Crippen LogP contribution in [0.3, 0.4) is 0 Å². The number of nitrogens with one attached hydrogen (secondary N) is 1. The van der Waals surface area contributed by atoms with E-state index in [1.54, 1.807) is 12.3 Å². The molecule has 2 rings (SSSR count). The number of benzene rings is 2. The number of nitrogens with zero attached hydrogens (tertiary/aromatic N) is 1. The molecule has 0 spiro atoms. The highest BCUT2D eigenvalue weighted by Crippen LogP contribution is 2.11. The highest BCUT2D eigenvalue weighted by Gasteiger charge is 2.05. The Hall–Kier alpha value is -2.62. The second kappa shape index (κ2) is 8.13. The summed E-state index contributed by atoms with van der Waals surface area (Å²) in [6.07, 6.45) is 2.59. The predicted octanol–water partition coefficient (Wildman–Crippen LogP) is 3.86. The Kier molecular flexibility index (Phi) is 5.92. The van der Waals surface area contributed by atoms with Crippen LogP contribution < -0.4 is 10.2 Å². The van der Waals surface area contributed by atoms with Gasteiger partial charge in [0.15, 0.2) is 0 Å². The summed E-state index contributed by atoms with van der Waals surface area (Å²) < 4.78 is 5.52. The first-order valence-electron chi connectivity index (χ1n) is 7.73. The van der Waals surface area contributed by atoms with Crippen LogP contribution >= 0.6 is 0 Å². The Morgan fingerprint density at radius 1 is 1.13 bits per heavy atom. The van der Waals surface area contributed by atoms with Gasteiger partial charge in [0.25, 0.3) is 5.91 Å². The van der Waals surface area contributed by atoms with Crippen molar-refractivity contribution < 1.29 is 9.53 Å². The largest absolute Gasteiger partial charge is 0.494 e. The number of ether oxygens (including phenoxy) is 1. The minimum Gasteiger partial charge on any atom is -0.494 e. The van der Waals surface area contributed by atoms with Crippen LogP contribution in [0, 0.1) is 13.8 Å². The zero-order valence-electron chi connectivity index (χ0n) is 13.8. The maximum atomic E-state index is 12.0. The molecule has 2 aromatic carbocycles. The molecular formula is C19H22N2O2. The van der Waals surface area contributed by atoms with E-state index < -0.39 is 0 Å². The maximum absolute atomic E-state index is 12.0. The van der Waals surface area contributed by atoms with E-state index in [0.717, 1.165) is 28.9 Å². The van der Waals surface area contributed by atoms with Crippen molar-refractivity contribution in [1.29, 1.82) is 0 Å². The Balaban J connectivity index is 1.92. The maximum Gasteiger partial charge on any atom is 0.271 e. The van der Waals surface area contributed by atoms with Gasteiger partial charge in [-0.2, -0.15) is 5.10 Å². The highest BCUT2D eigenvalue weighted by atomic mass is 16.5. The van der Waals surface area contributed by atoms with Crippen LogP contribution in [0.1, 0.15) is 40.4 Å². The Morgan fingerprint density at radius 3 is 2.52 bits per heavy atom. The monoisotopic (exact) mass is 310 g/mol. The average molecular weight is 310 g/mol. The molecule has 0 radical (unpaired) electrons. The quantitative estimate of drug-likeness (QED) is 0.650. The van der Waals surface area contributed by atoms with Gasteiger partial charge in [-0.25, -0.2) is 5.43 Å². The first-order valence-corrected chi connectivity index (χ1v) is 7.73. The minimum absolute atomic E-state index is 0.216. The molecule has 0 aliphatic rings. The molecule has 0 fully saturated rings. The first-order chi connectivity index (χ1) is 11.1. The fourth-order valence-electron chi connectivity index (χ4n) is 1.98. The molecule has 0 aliphatic carbocycles. The van der Waals surface area contributed by atoms with E-state index >= 15 is 0 Å². The molecular weight excluding hydrogens is 288 g/mol. The third-order valence-electron chi connectivity index (χ3n) is 3.50. The van der Waals surface area contributed by atoms with Gasteiger partial charge in [0, 0.05) is 5.56 Å². The molecule has 0 heterocycles. The van der Waals surface area contributed by atoms with Gasteiger partial charge in [0.2, 0.25) is 0 Å². The molecule has 4 nitrogen and oxygen atoms in total. The SMILES string of the molecule is CCCOc1ccc(C=NNC(=O)c2ccc(C)c(C)c2)cc1. The molecule has 1 N–H and O–H groups in total. The number of hydrogen-bond donors (Lipinski definition) is 1. The van der Waals surface area contributed by atoms with Gasteiger partial charge in [-0.05, 0) is 73.4 Å². The summed E-state index contributed by atoms with van der Waals surface area (Å²) in [5, 5.41) is 4.00. The van der Waals surface area contributed by atoms with Gasteiger partial charge in [-0.15, -0.1) is 0 Å². The number of carbonyl (C=O) groups is 1. The van der Waals surface area contributed by atoms with Crippen LogP contribution in [0.5, 0.6) is 5.75 Å². The Labute approximate surface area is 137 Å². The van der Waals surface area contributed by atoms with Crippen molar-refractivity contribution >= 4 is 12.1 Å². The van der Waals surface area contributed by atoms with Crippen LogP contribution in [-0.2, 0) is 0 Å². The topological polar surface area (TPSA) is 50.7 Å². The van der Waals surface area contributed by atoms with Crippen LogP contribution in [0.25, 0.3) is 0 Å². The van der Waals surface area contributed by atoms with Crippen LogP contribution in [0.4, 0.5) is 0 Å². The van der Waals surface area contributed by atoms with Gasteiger partial charge >= 0.3 is 0 Å². The summed E-state index contributed by atoms with van der Waals surface area (Å²) in [4.78, 5) is 12.0. The van der Waals surface area contributed by atoms with E-state index in [0.29, 0.717) is 12.2 Å². The summed E-state index contributed by atoms with van der Waals surface area (Å²) in [6, 6.07) is 13.2. The molecule has 120 valence electrons. The van der Waals surface area contributed by atoms with Crippen LogP contribution in [0.2, 0.25) is 0 Å². The third kappa shape index (κ3) is 4.95. The lowest BCUT2D eigenvalue weighted by atomic mass is 10.1. The minimum atomic E-state index is -0.216. The van der Waals surface area contributed by atoms with Gasteiger partial charge in [0.1, 0.15) is 5.75 Å². The van der Waals surface area contributed by atoms with Gasteiger partial charge in [0.05, 0.1) is 12.8 Å². The fraction of sp³-hybridized carbons (Fsp3) is 0.263. The molecule has 0 unspecified atom stereocenters. The zero-order chi connectivity index (χ0) is 16.7. The summed E-state index contributed by atoms with van der Waals surface area (Å²) in [5.41, 5.74) is 6.29. The first kappa shape index (κ1) is 16.7. The number of hydrazone groups is 1. The van der Waals surface area contributed by atoms with Crippen molar-refractivity contribution in [1.82, 2.24) is 5.43 Å². The highest BCUT2D eigenvalue weighted by molar-refractivity contribution is 5.95. The molecule has 1 amide bonds. The van der Waals surface area contributed by atoms with Crippen molar-refractivity contribution in [2.45, 2.75) is 27.2 Å². The van der Waals surface area contributed by atoms with E-state index in [1.807, 2.05) is 50.2 Å². The normalized spacial score (nSPS) is 10.7. The van der Waals surface area contributed by atoms with Crippen molar-refractivity contribution in [3.8, 4) is 5.75 Å². The molecule has 23 heavy (non-hydrogen) atoms. The molecule has 0 atom stereocenters. The molecule has 0 aliphatic heterocycles. The molecule has 0 saturated carbocycles. The number of aryl methyl sites for hydroxylation is 2. The fourth-order valence-corrected chi connectivity index (χ4v) is 1.98. The molecule has 0 bridgehead atoms. The average Bonchev–Trinajstić information content (AvgIpc) is 2.56. The molecule has 0 aromatic heterocycles. The molecule has 4 heteroatoms. The van der Waals surface area contributed by atoms with E-state index in [4.69, 9.17) is 4.74 Å². The lowest BCUT2D eigenvalue weighted by Gasteiger charge is -2.04. The van der Waals surface area contributed by atoms with Crippen LogP contribution in [0.15, 0.2) is 47.6 Å². The standard InChI is InChI=1S/C19H22N2O2/c1-4-11-23-18-9-6-16(7-10-18)13-20-21-19(22)17-8-5-14(2)15(3)12-17/h5-10,12-13H,4,11H2,1-3H3,(H,21,22). The van der Waals surface area contributed by atoms with E-state index in [9.17, 15) is 4.79 Å². The number of carbonyl (C=O) groups excluding carboxylic acids is 1. The van der Waals surface area contributed by atoms with Gasteiger partial charge in [-0.1, -0.05) is 13.0 Å². The van der Waals surface area contributed by atoms with Crippen LogP contribution in [-0.4, -0.2) is 18.7 Å². The second-order valence-corrected chi connectivity index (χ2v) is 5.42. The lowest BCUT2D eigenvalue weighted by molar-refractivity contribution is 0.0955. The summed E-state index contributed by atoms with van der Waals surface area (Å²) in [6.45, 7) is 6.78. The summed E-state index contributed by atoms with van der Waals surface area (Å²) in [7, 11) is 0. The van der Waals surface area contributed by atoms with Crippen molar-refractivity contribution in [2.75, 3.05) is 6.61 Å².